The number of imidazole rings is 1. The van der Waals surface area contributed by atoms with E-state index >= 15 is 0 Å². The van der Waals surface area contributed by atoms with Gasteiger partial charge < -0.3 is 9.30 Å². The van der Waals surface area contributed by atoms with Crippen molar-refractivity contribution < 1.29 is 8.42 Å². The molecule has 6 nitrogen and oxygen atoms in total. The molecule has 0 spiro atoms. The second-order valence-electron chi connectivity index (χ2n) is 6.30. The standard InChI is InChI=1S/C14H19BrN4O2S.CH4/c1-14(2)9-17(4-5-19(14)22(3,20)21)12-6-11(15)8-18-10-16-7-13(12)18;/h6-8,10H,4-5,9H2,1-3H3;1H4. The summed E-state index contributed by atoms with van der Waals surface area (Å²) in [5, 5.41) is 0. The van der Waals surface area contributed by atoms with Crippen LogP contribution in [0.4, 0.5) is 5.69 Å². The quantitative estimate of drug-likeness (QED) is 0.774. The highest BCUT2D eigenvalue weighted by Crippen LogP contribution is 2.31. The number of piperazine rings is 1. The Morgan fingerprint density at radius 1 is 1.30 bits per heavy atom. The molecule has 2 aromatic rings. The van der Waals surface area contributed by atoms with Gasteiger partial charge in [-0.15, -0.1) is 0 Å². The molecular weight excluding hydrogens is 380 g/mol. The van der Waals surface area contributed by atoms with Gasteiger partial charge in [0.2, 0.25) is 10.0 Å². The number of anilines is 1. The van der Waals surface area contributed by atoms with E-state index in [0.29, 0.717) is 19.6 Å². The van der Waals surface area contributed by atoms with Gasteiger partial charge in [-0.25, -0.2) is 13.4 Å². The van der Waals surface area contributed by atoms with Gasteiger partial charge in [-0.1, -0.05) is 7.43 Å². The highest BCUT2D eigenvalue weighted by molar-refractivity contribution is 9.10. The Morgan fingerprint density at radius 3 is 2.61 bits per heavy atom. The minimum Gasteiger partial charge on any atom is -0.367 e. The van der Waals surface area contributed by atoms with Crippen molar-refractivity contribution in [2.24, 2.45) is 0 Å². The van der Waals surface area contributed by atoms with Crippen LogP contribution in [0, 0.1) is 0 Å². The fraction of sp³-hybridized carbons (Fsp3) is 0.533. The first-order valence-electron chi connectivity index (χ1n) is 7.02. The molecule has 2 aromatic heterocycles. The van der Waals surface area contributed by atoms with Crippen LogP contribution >= 0.6 is 15.9 Å². The van der Waals surface area contributed by atoms with Gasteiger partial charge in [0, 0.05) is 35.8 Å². The largest absolute Gasteiger partial charge is 0.367 e. The zero-order valence-electron chi connectivity index (χ0n) is 12.8. The zero-order chi connectivity index (χ0) is 16.1. The summed E-state index contributed by atoms with van der Waals surface area (Å²) in [6.07, 6.45) is 6.83. The van der Waals surface area contributed by atoms with Crippen molar-refractivity contribution in [1.29, 1.82) is 0 Å². The summed E-state index contributed by atoms with van der Waals surface area (Å²) in [5.41, 5.74) is 1.63. The number of pyridine rings is 1. The van der Waals surface area contributed by atoms with Crippen LogP contribution in [-0.2, 0) is 10.0 Å². The van der Waals surface area contributed by atoms with E-state index in [1.54, 1.807) is 10.6 Å². The minimum atomic E-state index is -3.20. The summed E-state index contributed by atoms with van der Waals surface area (Å²) < 4.78 is 28.4. The molecule has 0 N–H and O–H groups in total. The Morgan fingerprint density at radius 2 is 2.00 bits per heavy atom. The smallest absolute Gasteiger partial charge is 0.211 e. The van der Waals surface area contributed by atoms with Gasteiger partial charge in [-0.3, -0.25) is 0 Å². The number of sulfonamides is 1. The Balaban J connectivity index is 0.00000192. The van der Waals surface area contributed by atoms with Crippen molar-refractivity contribution in [3.8, 4) is 0 Å². The maximum atomic E-state index is 12.0. The molecule has 0 aromatic carbocycles. The fourth-order valence-electron chi connectivity index (χ4n) is 3.19. The number of hydrogen-bond donors (Lipinski definition) is 0. The Labute approximate surface area is 146 Å². The van der Waals surface area contributed by atoms with Crippen LogP contribution in [0.5, 0.6) is 0 Å². The average Bonchev–Trinajstić information content (AvgIpc) is 2.82. The summed E-state index contributed by atoms with van der Waals surface area (Å²) in [7, 11) is -3.20. The van der Waals surface area contributed by atoms with Crippen LogP contribution < -0.4 is 4.90 Å². The molecule has 0 unspecified atom stereocenters. The molecule has 0 bridgehead atoms. The topological polar surface area (TPSA) is 57.9 Å². The molecule has 1 fully saturated rings. The molecule has 0 saturated carbocycles. The van der Waals surface area contributed by atoms with Gasteiger partial charge in [0.15, 0.2) is 0 Å². The van der Waals surface area contributed by atoms with Gasteiger partial charge in [-0.2, -0.15) is 4.31 Å². The van der Waals surface area contributed by atoms with E-state index in [1.165, 1.54) is 6.26 Å². The predicted octanol–water partition coefficient (Wildman–Crippen LogP) is 2.59. The maximum Gasteiger partial charge on any atom is 0.211 e. The monoisotopic (exact) mass is 402 g/mol. The van der Waals surface area contributed by atoms with Crippen LogP contribution in [0.3, 0.4) is 0 Å². The van der Waals surface area contributed by atoms with Crippen LogP contribution in [0.25, 0.3) is 5.52 Å². The molecule has 8 heteroatoms. The second kappa shape index (κ2) is 6.07. The summed E-state index contributed by atoms with van der Waals surface area (Å²) >= 11 is 3.53. The van der Waals surface area contributed by atoms with E-state index in [4.69, 9.17) is 0 Å². The SMILES string of the molecule is C.CC1(C)CN(c2cc(Br)cn3cncc23)CCN1S(C)(=O)=O. The van der Waals surface area contributed by atoms with Crippen molar-refractivity contribution in [2.45, 2.75) is 26.8 Å². The molecule has 0 radical (unpaired) electrons. The van der Waals surface area contributed by atoms with Crippen molar-refractivity contribution in [2.75, 3.05) is 30.8 Å². The third-order valence-electron chi connectivity index (χ3n) is 4.03. The molecule has 23 heavy (non-hydrogen) atoms. The molecule has 128 valence electrons. The van der Waals surface area contributed by atoms with Crippen LogP contribution in [0.1, 0.15) is 21.3 Å². The lowest BCUT2D eigenvalue weighted by Gasteiger charge is -2.46. The summed E-state index contributed by atoms with van der Waals surface area (Å²) in [5.74, 6) is 0. The first kappa shape index (κ1) is 18.2. The lowest BCUT2D eigenvalue weighted by Crippen LogP contribution is -2.60. The van der Waals surface area contributed by atoms with Gasteiger partial charge in [0.05, 0.1) is 30.0 Å². The van der Waals surface area contributed by atoms with Crippen LogP contribution in [0.2, 0.25) is 0 Å². The maximum absolute atomic E-state index is 12.0. The predicted molar refractivity (Wildman–Crippen MR) is 97.5 cm³/mol. The van der Waals surface area contributed by atoms with Gasteiger partial charge in [0.1, 0.15) is 0 Å². The molecule has 3 rings (SSSR count). The van der Waals surface area contributed by atoms with E-state index in [9.17, 15) is 8.42 Å². The Kier molecular flexibility index (Phi) is 4.81. The zero-order valence-corrected chi connectivity index (χ0v) is 15.2. The number of rotatable bonds is 2. The number of nitrogens with zero attached hydrogens (tertiary/aromatic N) is 4. The molecule has 1 aliphatic rings. The molecular formula is C15H23BrN4O2S. The van der Waals surface area contributed by atoms with E-state index in [0.717, 1.165) is 15.7 Å². The number of halogens is 1. The minimum absolute atomic E-state index is 0. The van der Waals surface area contributed by atoms with E-state index in [2.05, 4.69) is 31.9 Å². The fourth-order valence-corrected chi connectivity index (χ4v) is 5.00. The molecule has 0 amide bonds. The highest BCUT2D eigenvalue weighted by Gasteiger charge is 2.39. The normalized spacial score (nSPS) is 18.9. The third kappa shape index (κ3) is 3.39. The van der Waals surface area contributed by atoms with Gasteiger partial charge in [0.25, 0.3) is 0 Å². The summed E-state index contributed by atoms with van der Waals surface area (Å²) in [6.45, 7) is 5.71. The van der Waals surface area contributed by atoms with E-state index < -0.39 is 15.6 Å². The lowest BCUT2D eigenvalue weighted by atomic mass is 10.0. The van der Waals surface area contributed by atoms with Gasteiger partial charge in [-0.05, 0) is 35.8 Å². The van der Waals surface area contributed by atoms with Crippen molar-refractivity contribution in [3.63, 3.8) is 0 Å². The van der Waals surface area contributed by atoms with E-state index in [-0.39, 0.29) is 7.43 Å². The average molecular weight is 403 g/mol. The molecule has 1 aliphatic heterocycles. The first-order chi connectivity index (χ1) is 10.2. The van der Waals surface area contributed by atoms with Crippen LogP contribution in [-0.4, -0.2) is 53.5 Å². The van der Waals surface area contributed by atoms with E-state index in [1.807, 2.05) is 30.6 Å². The molecule has 1 saturated heterocycles. The Bertz CT molecular complexity index is 816. The highest BCUT2D eigenvalue weighted by atomic mass is 79.9. The first-order valence-corrected chi connectivity index (χ1v) is 9.67. The van der Waals surface area contributed by atoms with Crippen molar-refractivity contribution in [1.82, 2.24) is 13.7 Å². The number of aromatic nitrogens is 2. The number of fused-ring (bicyclic) bond motifs is 1. The lowest BCUT2D eigenvalue weighted by molar-refractivity contribution is 0.206. The molecule has 3 heterocycles. The number of hydrogen-bond acceptors (Lipinski definition) is 4. The molecule has 0 aliphatic carbocycles. The molecule has 0 atom stereocenters. The third-order valence-corrected chi connectivity index (χ3v) is 5.94. The van der Waals surface area contributed by atoms with Crippen LogP contribution in [0.15, 0.2) is 29.3 Å². The van der Waals surface area contributed by atoms with Gasteiger partial charge >= 0.3 is 0 Å². The van der Waals surface area contributed by atoms with Crippen molar-refractivity contribution >= 4 is 37.2 Å². The Hall–Kier alpha value is -1.12. The summed E-state index contributed by atoms with van der Waals surface area (Å²) in [4.78, 5) is 6.42. The van der Waals surface area contributed by atoms with Crippen molar-refractivity contribution in [3.05, 3.63) is 29.3 Å². The summed E-state index contributed by atoms with van der Waals surface area (Å²) in [6, 6.07) is 2.06. The second-order valence-corrected chi connectivity index (χ2v) is 9.12.